The second kappa shape index (κ2) is 4.44. The van der Waals surface area contributed by atoms with Crippen LogP contribution in [0.2, 0.25) is 0 Å². The van der Waals surface area contributed by atoms with Gasteiger partial charge in [-0.15, -0.1) is 0 Å². The van der Waals surface area contributed by atoms with E-state index < -0.39 is 0 Å². The molecule has 1 heterocycles. The number of ketones is 1. The number of hydrogen-bond acceptors (Lipinski definition) is 2. The molecule has 0 aliphatic heterocycles. The topological polar surface area (TPSA) is 30.0 Å². The second-order valence-corrected chi connectivity index (χ2v) is 4.09. The van der Waals surface area contributed by atoms with Gasteiger partial charge in [-0.05, 0) is 18.6 Å². The molecule has 1 aromatic carbocycles. The van der Waals surface area contributed by atoms with Crippen molar-refractivity contribution in [1.29, 1.82) is 0 Å². The molecule has 82 valence electrons. The Bertz CT molecular complexity index is 519. The van der Waals surface area contributed by atoms with Gasteiger partial charge < -0.3 is 0 Å². The van der Waals surface area contributed by atoms with Gasteiger partial charge in [-0.3, -0.25) is 9.78 Å². The molecule has 1 aromatic heterocycles. The van der Waals surface area contributed by atoms with Crippen LogP contribution in [0.1, 0.15) is 30.6 Å². The van der Waals surface area contributed by atoms with Crippen molar-refractivity contribution in [2.45, 2.75) is 20.3 Å². The number of para-hydroxylation sites is 1. The van der Waals surface area contributed by atoms with E-state index in [0.717, 1.165) is 17.3 Å². The van der Waals surface area contributed by atoms with E-state index in [1.807, 2.05) is 44.2 Å². The maximum absolute atomic E-state index is 12.0. The van der Waals surface area contributed by atoms with Crippen LogP contribution >= 0.6 is 0 Å². The first-order valence-electron chi connectivity index (χ1n) is 5.61. The number of carbonyl (C=O) groups is 1. The summed E-state index contributed by atoms with van der Waals surface area (Å²) in [4.78, 5) is 16.3. The smallest absolute Gasteiger partial charge is 0.167 e. The van der Waals surface area contributed by atoms with Crippen LogP contribution in [0.25, 0.3) is 10.9 Å². The van der Waals surface area contributed by atoms with Crippen molar-refractivity contribution in [2.24, 2.45) is 5.92 Å². The highest BCUT2D eigenvalue weighted by molar-refractivity contribution is 5.99. The number of hydrogen-bond donors (Lipinski definition) is 0. The Kier molecular flexibility index (Phi) is 3.00. The number of Topliss-reactive ketones (excluding diaryl/α,β-unsaturated/α-hetero) is 1. The minimum Gasteiger partial charge on any atom is -0.294 e. The summed E-state index contributed by atoms with van der Waals surface area (Å²) in [7, 11) is 0. The van der Waals surface area contributed by atoms with Crippen LogP contribution in [0.4, 0.5) is 0 Å². The van der Waals surface area contributed by atoms with E-state index in [-0.39, 0.29) is 11.7 Å². The quantitative estimate of drug-likeness (QED) is 0.731. The molecule has 2 rings (SSSR count). The zero-order valence-corrected chi connectivity index (χ0v) is 9.60. The van der Waals surface area contributed by atoms with E-state index in [1.54, 1.807) is 6.20 Å². The van der Waals surface area contributed by atoms with Gasteiger partial charge in [0, 0.05) is 23.1 Å². The van der Waals surface area contributed by atoms with Gasteiger partial charge in [-0.25, -0.2) is 0 Å². The standard InChI is InChI=1S/C14H15NO/c1-3-10(2)14(16)12-8-11-6-4-5-7-13(11)15-9-12/h4-10H,3H2,1-2H3. The van der Waals surface area contributed by atoms with Crippen molar-refractivity contribution in [3.8, 4) is 0 Å². The van der Waals surface area contributed by atoms with Gasteiger partial charge in [-0.1, -0.05) is 32.0 Å². The van der Waals surface area contributed by atoms with Gasteiger partial charge in [0.05, 0.1) is 5.52 Å². The van der Waals surface area contributed by atoms with Crippen molar-refractivity contribution >= 4 is 16.7 Å². The molecule has 0 bridgehead atoms. The Morgan fingerprint density at radius 3 is 2.88 bits per heavy atom. The van der Waals surface area contributed by atoms with Gasteiger partial charge in [-0.2, -0.15) is 0 Å². The minimum atomic E-state index is 0.0722. The van der Waals surface area contributed by atoms with Gasteiger partial charge in [0.25, 0.3) is 0 Å². The lowest BCUT2D eigenvalue weighted by Crippen LogP contribution is -2.10. The summed E-state index contributed by atoms with van der Waals surface area (Å²) in [5, 5.41) is 1.02. The average molecular weight is 213 g/mol. The highest BCUT2D eigenvalue weighted by atomic mass is 16.1. The molecule has 0 aliphatic carbocycles. The number of aromatic nitrogens is 1. The third kappa shape index (κ3) is 1.96. The largest absolute Gasteiger partial charge is 0.294 e. The molecule has 2 aromatic rings. The fourth-order valence-corrected chi connectivity index (χ4v) is 1.68. The fraction of sp³-hybridized carbons (Fsp3) is 0.286. The SMILES string of the molecule is CCC(C)C(=O)c1cnc2ccccc2c1. The third-order valence-electron chi connectivity index (χ3n) is 2.93. The summed E-state index contributed by atoms with van der Waals surface area (Å²) in [5.41, 5.74) is 1.65. The molecule has 0 saturated heterocycles. The van der Waals surface area contributed by atoms with Crippen LogP contribution in [0.3, 0.4) is 0 Å². The number of nitrogens with zero attached hydrogens (tertiary/aromatic N) is 1. The zero-order chi connectivity index (χ0) is 11.5. The first-order chi connectivity index (χ1) is 7.72. The van der Waals surface area contributed by atoms with Gasteiger partial charge in [0.2, 0.25) is 0 Å². The highest BCUT2D eigenvalue weighted by Crippen LogP contribution is 2.16. The van der Waals surface area contributed by atoms with Crippen LogP contribution in [-0.4, -0.2) is 10.8 Å². The summed E-state index contributed by atoms with van der Waals surface area (Å²) in [6.07, 6.45) is 2.54. The molecule has 1 atom stereocenters. The second-order valence-electron chi connectivity index (χ2n) is 4.09. The van der Waals surface area contributed by atoms with E-state index in [0.29, 0.717) is 5.56 Å². The molecule has 0 N–H and O–H groups in total. The van der Waals surface area contributed by atoms with Crippen molar-refractivity contribution < 1.29 is 4.79 Å². The maximum Gasteiger partial charge on any atom is 0.167 e. The molecule has 1 unspecified atom stereocenters. The fourth-order valence-electron chi connectivity index (χ4n) is 1.68. The van der Waals surface area contributed by atoms with Crippen molar-refractivity contribution in [3.63, 3.8) is 0 Å². The first-order valence-corrected chi connectivity index (χ1v) is 5.61. The predicted octanol–water partition coefficient (Wildman–Crippen LogP) is 3.46. The van der Waals surface area contributed by atoms with Gasteiger partial charge in [0.15, 0.2) is 5.78 Å². The molecule has 0 aliphatic rings. The van der Waals surface area contributed by atoms with Crippen LogP contribution in [0.15, 0.2) is 36.5 Å². The van der Waals surface area contributed by atoms with E-state index in [1.165, 1.54) is 0 Å². The van der Waals surface area contributed by atoms with E-state index in [2.05, 4.69) is 4.98 Å². The average Bonchev–Trinajstić information content (AvgIpc) is 2.36. The number of benzene rings is 1. The molecule has 2 nitrogen and oxygen atoms in total. The minimum absolute atomic E-state index is 0.0722. The van der Waals surface area contributed by atoms with Crippen LogP contribution in [0.5, 0.6) is 0 Å². The molecule has 0 spiro atoms. The lowest BCUT2D eigenvalue weighted by Gasteiger charge is -2.07. The molecule has 0 fully saturated rings. The Balaban J connectivity index is 2.43. The van der Waals surface area contributed by atoms with Gasteiger partial charge >= 0.3 is 0 Å². The van der Waals surface area contributed by atoms with Crippen molar-refractivity contribution in [2.75, 3.05) is 0 Å². The summed E-state index contributed by atoms with van der Waals surface area (Å²) >= 11 is 0. The lowest BCUT2D eigenvalue weighted by atomic mass is 9.97. The predicted molar refractivity (Wildman–Crippen MR) is 65.5 cm³/mol. The summed E-state index contributed by atoms with van der Waals surface area (Å²) < 4.78 is 0. The number of pyridine rings is 1. The molecule has 0 radical (unpaired) electrons. The number of fused-ring (bicyclic) bond motifs is 1. The van der Waals surface area contributed by atoms with E-state index in [9.17, 15) is 4.79 Å². The van der Waals surface area contributed by atoms with E-state index >= 15 is 0 Å². The Morgan fingerprint density at radius 1 is 1.38 bits per heavy atom. The summed E-state index contributed by atoms with van der Waals surface area (Å²) in [6, 6.07) is 9.77. The summed E-state index contributed by atoms with van der Waals surface area (Å²) in [5.74, 6) is 0.253. The number of carbonyl (C=O) groups excluding carboxylic acids is 1. The first kappa shape index (κ1) is 10.8. The summed E-state index contributed by atoms with van der Waals surface area (Å²) in [6.45, 7) is 3.98. The van der Waals surface area contributed by atoms with E-state index in [4.69, 9.17) is 0 Å². The molecule has 2 heteroatoms. The monoisotopic (exact) mass is 213 g/mol. The number of rotatable bonds is 3. The molecular weight excluding hydrogens is 198 g/mol. The normalized spacial score (nSPS) is 12.6. The Labute approximate surface area is 95.3 Å². The molecule has 0 amide bonds. The molecule has 16 heavy (non-hydrogen) atoms. The highest BCUT2D eigenvalue weighted by Gasteiger charge is 2.13. The van der Waals surface area contributed by atoms with Crippen LogP contribution in [0, 0.1) is 5.92 Å². The van der Waals surface area contributed by atoms with Crippen LogP contribution < -0.4 is 0 Å². The molecule has 0 saturated carbocycles. The Hall–Kier alpha value is -1.70. The zero-order valence-electron chi connectivity index (χ0n) is 9.60. The Morgan fingerprint density at radius 2 is 2.12 bits per heavy atom. The van der Waals surface area contributed by atoms with Crippen molar-refractivity contribution in [1.82, 2.24) is 4.98 Å². The van der Waals surface area contributed by atoms with Gasteiger partial charge in [0.1, 0.15) is 0 Å². The lowest BCUT2D eigenvalue weighted by molar-refractivity contribution is 0.0927. The molecular formula is C14H15NO. The van der Waals surface area contributed by atoms with Crippen molar-refractivity contribution in [3.05, 3.63) is 42.1 Å². The third-order valence-corrected chi connectivity index (χ3v) is 2.93. The maximum atomic E-state index is 12.0. The van der Waals surface area contributed by atoms with Crippen LogP contribution in [-0.2, 0) is 0 Å².